The topological polar surface area (TPSA) is 178 Å². The number of methoxy groups -OCH3 is 1. The van der Waals surface area contributed by atoms with Crippen LogP contribution in [-0.4, -0.2) is 90.7 Å². The molecule has 0 spiro atoms. The molecule has 3 heterocycles. The number of aromatic nitrogens is 4. The van der Waals surface area contributed by atoms with Crippen LogP contribution < -0.4 is 11.1 Å². The number of nitrogen functional groups attached to an aromatic ring is 1. The highest BCUT2D eigenvalue weighted by Gasteiger charge is 2.48. The third-order valence-corrected chi connectivity index (χ3v) is 5.99. The summed E-state index contributed by atoms with van der Waals surface area (Å²) in [6.07, 6.45) is -0.705. The van der Waals surface area contributed by atoms with Gasteiger partial charge in [0, 0.05) is 12.1 Å². The zero-order valence-corrected chi connectivity index (χ0v) is 18.4. The molecule has 0 radical (unpaired) electrons. The van der Waals surface area contributed by atoms with Gasteiger partial charge in [0.1, 0.15) is 17.7 Å². The van der Waals surface area contributed by atoms with Crippen LogP contribution in [0.3, 0.4) is 0 Å². The molecule has 180 valence electrons. The van der Waals surface area contributed by atoms with Crippen LogP contribution in [0.4, 0.5) is 10.6 Å². The predicted molar refractivity (Wildman–Crippen MR) is 116 cm³/mol. The Balaban J connectivity index is 1.38. The number of carbonyl (C=O) groups is 2. The molecule has 1 aliphatic heterocycles. The largest absolute Gasteiger partial charge is 0.453 e. The second-order valence-electron chi connectivity index (χ2n) is 8.60. The lowest BCUT2D eigenvalue weighted by atomic mass is 10.1. The molecule has 0 aromatic carbocycles. The Morgan fingerprint density at radius 2 is 2.06 bits per heavy atom. The fourth-order valence-electron chi connectivity index (χ4n) is 3.85. The molecule has 2 aromatic heterocycles. The maximum atomic E-state index is 12.4. The first kappa shape index (κ1) is 22.3. The molecule has 2 saturated carbocycles. The van der Waals surface area contributed by atoms with Crippen molar-refractivity contribution in [1.29, 1.82) is 0 Å². The number of nitrogens with two attached hydrogens (primary N) is 1. The van der Waals surface area contributed by atoms with Gasteiger partial charge in [-0.05, 0) is 31.6 Å². The lowest BCUT2D eigenvalue weighted by molar-refractivity contribution is -0.137. The van der Waals surface area contributed by atoms with E-state index < -0.39 is 36.5 Å². The fourth-order valence-corrected chi connectivity index (χ4v) is 3.85. The van der Waals surface area contributed by atoms with E-state index >= 15 is 0 Å². The SMILES string of the molecule is COC(=O)N(CC#Cc1nc(N)c2ncn([C@@H]3O[C@H](C(=O)NC4CC4)C(O)C3O)c2n1)C1CC1. The molecule has 3 fully saturated rings. The van der Waals surface area contributed by atoms with Crippen molar-refractivity contribution >= 4 is 29.0 Å². The van der Waals surface area contributed by atoms with E-state index in [0.717, 1.165) is 25.7 Å². The van der Waals surface area contributed by atoms with Gasteiger partial charge in [0.25, 0.3) is 5.91 Å². The number of carbonyl (C=O) groups excluding carboxylic acids is 2. The van der Waals surface area contributed by atoms with Gasteiger partial charge in [0.15, 0.2) is 23.8 Å². The van der Waals surface area contributed by atoms with E-state index in [0.29, 0.717) is 0 Å². The summed E-state index contributed by atoms with van der Waals surface area (Å²) in [5.74, 6) is 5.33. The summed E-state index contributed by atoms with van der Waals surface area (Å²) >= 11 is 0. The van der Waals surface area contributed by atoms with Crippen molar-refractivity contribution < 1.29 is 29.3 Å². The molecule has 2 aliphatic carbocycles. The molecule has 5 N–H and O–H groups in total. The predicted octanol–water partition coefficient (Wildman–Crippen LogP) is -1.11. The van der Waals surface area contributed by atoms with E-state index in [1.54, 1.807) is 0 Å². The van der Waals surface area contributed by atoms with Crippen LogP contribution in [-0.2, 0) is 14.3 Å². The Hall–Kier alpha value is -3.47. The molecule has 34 heavy (non-hydrogen) atoms. The van der Waals surface area contributed by atoms with E-state index in [4.69, 9.17) is 15.2 Å². The Kier molecular flexibility index (Phi) is 5.72. The molecule has 4 atom stereocenters. The number of anilines is 1. The smallest absolute Gasteiger partial charge is 0.410 e. The van der Waals surface area contributed by atoms with Crippen LogP contribution in [0.2, 0.25) is 0 Å². The summed E-state index contributed by atoms with van der Waals surface area (Å²) in [6.45, 7) is 0.145. The zero-order chi connectivity index (χ0) is 24.0. The Morgan fingerprint density at radius 3 is 2.74 bits per heavy atom. The quantitative estimate of drug-likeness (QED) is 0.391. The van der Waals surface area contributed by atoms with Gasteiger partial charge in [-0.15, -0.1) is 0 Å². The average Bonchev–Trinajstić information content (AvgIpc) is 3.74. The maximum Gasteiger partial charge on any atom is 0.410 e. The maximum absolute atomic E-state index is 12.4. The van der Waals surface area contributed by atoms with E-state index in [-0.39, 0.29) is 41.4 Å². The van der Waals surface area contributed by atoms with Gasteiger partial charge in [0.05, 0.1) is 20.0 Å². The number of hydrogen-bond donors (Lipinski definition) is 4. The van der Waals surface area contributed by atoms with Crippen molar-refractivity contribution in [3.63, 3.8) is 0 Å². The first-order chi connectivity index (χ1) is 16.4. The van der Waals surface area contributed by atoms with Gasteiger partial charge in [-0.1, -0.05) is 5.92 Å². The second-order valence-corrected chi connectivity index (χ2v) is 8.60. The number of rotatable bonds is 5. The lowest BCUT2D eigenvalue weighted by Crippen LogP contribution is -2.43. The normalized spacial score (nSPS) is 26.1. The monoisotopic (exact) mass is 471 g/mol. The number of aliphatic hydroxyl groups is 2. The fraction of sp³-hybridized carbons (Fsp3) is 0.571. The number of aliphatic hydroxyl groups excluding tert-OH is 2. The van der Waals surface area contributed by atoms with Crippen LogP contribution in [0.15, 0.2) is 6.33 Å². The summed E-state index contributed by atoms with van der Waals surface area (Å²) < 4.78 is 11.9. The van der Waals surface area contributed by atoms with Crippen LogP contribution in [0.5, 0.6) is 0 Å². The van der Waals surface area contributed by atoms with E-state index in [1.165, 1.54) is 22.9 Å². The highest BCUT2D eigenvalue weighted by Crippen LogP contribution is 2.33. The Bertz CT molecular complexity index is 1180. The first-order valence-electron chi connectivity index (χ1n) is 11.0. The van der Waals surface area contributed by atoms with E-state index in [1.807, 2.05) is 0 Å². The highest BCUT2D eigenvalue weighted by molar-refractivity contribution is 5.83. The van der Waals surface area contributed by atoms with Crippen molar-refractivity contribution in [2.75, 3.05) is 19.4 Å². The number of hydrogen-bond acceptors (Lipinski definition) is 10. The van der Waals surface area contributed by atoms with Crippen LogP contribution in [0, 0.1) is 11.8 Å². The minimum atomic E-state index is -1.42. The first-order valence-corrected chi connectivity index (χ1v) is 11.0. The van der Waals surface area contributed by atoms with Crippen molar-refractivity contribution in [1.82, 2.24) is 29.7 Å². The average molecular weight is 471 g/mol. The lowest BCUT2D eigenvalue weighted by Gasteiger charge is -2.17. The molecule has 1 saturated heterocycles. The highest BCUT2D eigenvalue weighted by atomic mass is 16.6. The van der Waals surface area contributed by atoms with Gasteiger partial charge in [-0.25, -0.2) is 19.7 Å². The number of imidazole rings is 1. The minimum Gasteiger partial charge on any atom is -0.453 e. The van der Waals surface area contributed by atoms with E-state index in [9.17, 15) is 19.8 Å². The third-order valence-electron chi connectivity index (χ3n) is 5.99. The van der Waals surface area contributed by atoms with Gasteiger partial charge in [-0.2, -0.15) is 0 Å². The molecular formula is C21H25N7O6. The minimum absolute atomic E-state index is 0.0659. The van der Waals surface area contributed by atoms with Crippen LogP contribution in [0.25, 0.3) is 11.2 Å². The molecule has 2 aromatic rings. The number of fused-ring (bicyclic) bond motifs is 1. The summed E-state index contributed by atoms with van der Waals surface area (Å²) in [6, 6.07) is 0.200. The molecular weight excluding hydrogens is 446 g/mol. The van der Waals surface area contributed by atoms with Gasteiger partial charge >= 0.3 is 6.09 Å². The second kappa shape index (κ2) is 8.71. The summed E-state index contributed by atoms with van der Waals surface area (Å²) in [5, 5.41) is 23.7. The van der Waals surface area contributed by atoms with Gasteiger partial charge in [0.2, 0.25) is 5.82 Å². The van der Waals surface area contributed by atoms with Crippen molar-refractivity contribution in [2.24, 2.45) is 0 Å². The molecule has 3 aliphatic rings. The van der Waals surface area contributed by atoms with E-state index in [2.05, 4.69) is 32.1 Å². The molecule has 2 unspecified atom stereocenters. The summed E-state index contributed by atoms with van der Waals surface area (Å²) in [5.41, 5.74) is 6.52. The summed E-state index contributed by atoms with van der Waals surface area (Å²) in [7, 11) is 1.32. The Morgan fingerprint density at radius 1 is 1.29 bits per heavy atom. The molecule has 5 rings (SSSR count). The zero-order valence-electron chi connectivity index (χ0n) is 18.4. The van der Waals surface area contributed by atoms with Crippen molar-refractivity contribution in [3.8, 4) is 11.8 Å². The third kappa shape index (κ3) is 4.23. The molecule has 13 nitrogen and oxygen atoms in total. The van der Waals surface area contributed by atoms with Gasteiger partial charge < -0.3 is 30.7 Å². The number of nitrogens with zero attached hydrogens (tertiary/aromatic N) is 5. The molecule has 13 heteroatoms. The van der Waals surface area contributed by atoms with Crippen molar-refractivity contribution in [3.05, 3.63) is 12.2 Å². The standard InChI is InChI=1S/C21H25N7O6/c1-33-21(32)27(11-6-7-11)8-2-3-12-25-17(22)13-18(26-12)28(9-23-13)20-15(30)14(29)16(34-20)19(31)24-10-4-5-10/h9-11,14-16,20,29-30H,4-8H2,1H3,(H,24,31)(H2,22,25,26)/t14?,15?,16-,20+/m0/s1. The van der Waals surface area contributed by atoms with Gasteiger partial charge in [-0.3, -0.25) is 14.3 Å². The molecule has 2 amide bonds. The number of nitrogens with one attached hydrogen (secondary N) is 1. The van der Waals surface area contributed by atoms with Crippen LogP contribution in [0.1, 0.15) is 37.7 Å². The molecule has 0 bridgehead atoms. The van der Waals surface area contributed by atoms with Crippen molar-refractivity contribution in [2.45, 2.75) is 62.3 Å². The Labute approximate surface area is 194 Å². The number of ether oxygens (including phenoxy) is 2. The van der Waals surface area contributed by atoms with Crippen LogP contribution >= 0.6 is 0 Å². The number of amides is 2. The summed E-state index contributed by atoms with van der Waals surface area (Å²) in [4.78, 5) is 38.6.